The highest BCUT2D eigenvalue weighted by atomic mass is 32.2. The van der Waals surface area contributed by atoms with E-state index >= 15 is 0 Å². The van der Waals surface area contributed by atoms with Crippen LogP contribution in [0.2, 0.25) is 0 Å². The van der Waals surface area contributed by atoms with Crippen molar-refractivity contribution in [3.05, 3.63) is 29.6 Å². The summed E-state index contributed by atoms with van der Waals surface area (Å²) >= 11 is 2.13. The van der Waals surface area contributed by atoms with Gasteiger partial charge in [-0.2, -0.15) is 0 Å². The van der Waals surface area contributed by atoms with E-state index in [0.717, 1.165) is 36.4 Å². The Hall–Kier alpha value is -0.620. The molecule has 0 aliphatic carbocycles. The second-order valence-corrected chi connectivity index (χ2v) is 8.64. The van der Waals surface area contributed by atoms with Crippen LogP contribution in [-0.4, -0.2) is 58.8 Å². The van der Waals surface area contributed by atoms with E-state index in [1.165, 1.54) is 32.4 Å². The normalized spacial score (nSPS) is 28.1. The number of likely N-dealkylation sites (tertiary alicyclic amines) is 1. The fourth-order valence-electron chi connectivity index (χ4n) is 4.02. The summed E-state index contributed by atoms with van der Waals surface area (Å²) in [5, 5.41) is 0. The van der Waals surface area contributed by atoms with Crippen molar-refractivity contribution in [2.24, 2.45) is 0 Å². The smallest absolute Gasteiger partial charge is 0.0892 e. The number of ether oxygens (including phenoxy) is 2. The Balaban J connectivity index is 1.24. The summed E-state index contributed by atoms with van der Waals surface area (Å²) in [6.07, 6.45) is 4.00. The van der Waals surface area contributed by atoms with E-state index in [-0.39, 0.29) is 0 Å². The van der Waals surface area contributed by atoms with Crippen LogP contribution in [0.25, 0.3) is 0 Å². The van der Waals surface area contributed by atoms with Gasteiger partial charge in [0.05, 0.1) is 18.4 Å². The molecule has 3 fully saturated rings. The fraction of sp³-hybridized carbons (Fsp3) is 0.722. The van der Waals surface area contributed by atoms with Crippen LogP contribution in [0.15, 0.2) is 18.2 Å². The van der Waals surface area contributed by atoms with Gasteiger partial charge in [0, 0.05) is 48.5 Å². The minimum Gasteiger partial charge on any atom is -0.381 e. The highest BCUT2D eigenvalue weighted by Gasteiger charge is 2.50. The summed E-state index contributed by atoms with van der Waals surface area (Å²) in [5.74, 6) is 1.13. The summed E-state index contributed by atoms with van der Waals surface area (Å²) in [4.78, 5) is 7.19. The van der Waals surface area contributed by atoms with Gasteiger partial charge in [0.15, 0.2) is 0 Å². The van der Waals surface area contributed by atoms with Crippen molar-refractivity contribution in [3.8, 4) is 0 Å². The van der Waals surface area contributed by atoms with Crippen molar-refractivity contribution in [3.63, 3.8) is 0 Å². The Morgan fingerprint density at radius 3 is 2.96 bits per heavy atom. The van der Waals surface area contributed by atoms with Crippen LogP contribution >= 0.6 is 11.8 Å². The van der Waals surface area contributed by atoms with E-state index in [4.69, 9.17) is 9.47 Å². The van der Waals surface area contributed by atoms with Gasteiger partial charge in [-0.25, -0.2) is 0 Å². The third kappa shape index (κ3) is 3.58. The lowest BCUT2D eigenvalue weighted by Crippen LogP contribution is -2.62. The van der Waals surface area contributed by atoms with Crippen molar-refractivity contribution in [2.75, 3.05) is 32.1 Å². The number of rotatable bonds is 4. The zero-order chi connectivity index (χ0) is 15.7. The van der Waals surface area contributed by atoms with Gasteiger partial charge in [0.1, 0.15) is 0 Å². The van der Waals surface area contributed by atoms with E-state index in [0.29, 0.717) is 17.5 Å². The molecule has 0 saturated carbocycles. The van der Waals surface area contributed by atoms with Crippen LogP contribution in [0.3, 0.4) is 0 Å². The predicted molar refractivity (Wildman–Crippen MR) is 92.8 cm³/mol. The van der Waals surface area contributed by atoms with Gasteiger partial charge >= 0.3 is 0 Å². The number of aryl methyl sites for hydroxylation is 1. The molecule has 0 amide bonds. The maximum Gasteiger partial charge on any atom is 0.0892 e. The summed E-state index contributed by atoms with van der Waals surface area (Å²) in [6.45, 7) is 7.04. The molecule has 1 atom stereocenters. The zero-order valence-electron chi connectivity index (χ0n) is 13.9. The molecule has 23 heavy (non-hydrogen) atoms. The monoisotopic (exact) mass is 334 g/mol. The molecule has 3 saturated heterocycles. The van der Waals surface area contributed by atoms with Crippen molar-refractivity contribution in [1.82, 2.24) is 9.88 Å². The summed E-state index contributed by atoms with van der Waals surface area (Å²) in [5.41, 5.74) is 2.11. The maximum atomic E-state index is 6.13. The predicted octanol–water partition coefficient (Wildman–Crippen LogP) is 2.65. The average molecular weight is 334 g/mol. The van der Waals surface area contributed by atoms with Crippen molar-refractivity contribution in [1.29, 1.82) is 0 Å². The molecule has 3 aliphatic heterocycles. The van der Waals surface area contributed by atoms with Crippen LogP contribution in [-0.2, 0) is 16.1 Å². The van der Waals surface area contributed by atoms with Gasteiger partial charge in [0.2, 0.25) is 0 Å². The summed E-state index contributed by atoms with van der Waals surface area (Å²) in [7, 11) is 0. The van der Waals surface area contributed by atoms with E-state index in [1.807, 2.05) is 13.0 Å². The van der Waals surface area contributed by atoms with E-state index in [9.17, 15) is 0 Å². The van der Waals surface area contributed by atoms with Crippen LogP contribution in [0.4, 0.5) is 0 Å². The maximum absolute atomic E-state index is 6.13. The Morgan fingerprint density at radius 1 is 1.35 bits per heavy atom. The van der Waals surface area contributed by atoms with Crippen LogP contribution < -0.4 is 0 Å². The molecule has 0 N–H and O–H groups in total. The van der Waals surface area contributed by atoms with Crippen molar-refractivity contribution < 1.29 is 9.47 Å². The highest BCUT2D eigenvalue weighted by Crippen LogP contribution is 2.47. The molecule has 0 radical (unpaired) electrons. The Labute approximate surface area is 142 Å². The first-order valence-corrected chi connectivity index (χ1v) is 9.71. The minimum absolute atomic E-state index is 0.388. The Morgan fingerprint density at radius 2 is 2.17 bits per heavy atom. The Bertz CT molecular complexity index is 542. The quantitative estimate of drug-likeness (QED) is 0.846. The second-order valence-electron chi connectivity index (χ2n) is 7.15. The SMILES string of the molecule is Cc1cccc(CO[C@H]2CSC3(C2)CN(C2CCOCC2)C3)n1. The molecular formula is C18H26N2O2S. The molecule has 126 valence electrons. The number of hydrogen-bond acceptors (Lipinski definition) is 5. The molecule has 3 aliphatic rings. The molecule has 0 unspecified atom stereocenters. The van der Waals surface area contributed by atoms with Gasteiger partial charge in [-0.05, 0) is 38.3 Å². The van der Waals surface area contributed by atoms with Gasteiger partial charge < -0.3 is 9.47 Å². The van der Waals surface area contributed by atoms with Crippen molar-refractivity contribution in [2.45, 2.75) is 49.7 Å². The number of pyridine rings is 1. The first-order valence-electron chi connectivity index (χ1n) is 8.72. The number of aromatic nitrogens is 1. The first kappa shape index (κ1) is 15.9. The van der Waals surface area contributed by atoms with Gasteiger partial charge in [-0.1, -0.05) is 6.07 Å². The average Bonchev–Trinajstić information content (AvgIpc) is 2.97. The lowest BCUT2D eigenvalue weighted by atomic mass is 9.89. The number of nitrogens with zero attached hydrogens (tertiary/aromatic N) is 2. The first-order chi connectivity index (χ1) is 11.2. The zero-order valence-corrected chi connectivity index (χ0v) is 14.7. The van der Waals surface area contributed by atoms with E-state index < -0.39 is 0 Å². The lowest BCUT2D eigenvalue weighted by molar-refractivity contribution is -0.0195. The molecule has 1 aromatic rings. The van der Waals surface area contributed by atoms with Crippen molar-refractivity contribution >= 4 is 11.8 Å². The topological polar surface area (TPSA) is 34.6 Å². The minimum atomic E-state index is 0.388. The molecule has 1 spiro atoms. The lowest BCUT2D eigenvalue weighted by Gasteiger charge is -2.52. The van der Waals surface area contributed by atoms with Gasteiger partial charge in [-0.3, -0.25) is 9.88 Å². The molecule has 4 nitrogen and oxygen atoms in total. The number of hydrogen-bond donors (Lipinski definition) is 0. The summed E-state index contributed by atoms with van der Waals surface area (Å²) < 4.78 is 12.1. The largest absolute Gasteiger partial charge is 0.381 e. The highest BCUT2D eigenvalue weighted by molar-refractivity contribution is 8.01. The molecule has 4 rings (SSSR count). The third-order valence-corrected chi connectivity index (χ3v) is 6.85. The molecule has 5 heteroatoms. The second kappa shape index (κ2) is 6.71. The molecule has 0 aromatic carbocycles. The number of thioether (sulfide) groups is 1. The van der Waals surface area contributed by atoms with Gasteiger partial charge in [-0.15, -0.1) is 11.8 Å². The molecule has 1 aromatic heterocycles. The third-order valence-electron chi connectivity index (χ3n) is 5.28. The molecule has 0 bridgehead atoms. The summed E-state index contributed by atoms with van der Waals surface area (Å²) in [6, 6.07) is 6.90. The fourth-order valence-corrected chi connectivity index (χ4v) is 5.59. The van der Waals surface area contributed by atoms with E-state index in [1.54, 1.807) is 0 Å². The van der Waals surface area contributed by atoms with Crippen LogP contribution in [0.5, 0.6) is 0 Å². The van der Waals surface area contributed by atoms with Crippen LogP contribution in [0, 0.1) is 6.92 Å². The molecule has 4 heterocycles. The standard InChI is InChI=1S/C18H26N2O2S/c1-14-3-2-4-15(19-14)10-22-17-9-18(23-11-17)12-20(13-18)16-5-7-21-8-6-16/h2-4,16-17H,5-13H2,1H3/t17-/m1/s1. The van der Waals surface area contributed by atoms with E-state index in [2.05, 4.69) is 33.8 Å². The van der Waals surface area contributed by atoms with Crippen LogP contribution in [0.1, 0.15) is 30.7 Å². The van der Waals surface area contributed by atoms with Gasteiger partial charge in [0.25, 0.3) is 0 Å². The Kier molecular flexibility index (Phi) is 4.63. The molecular weight excluding hydrogens is 308 g/mol.